The summed E-state index contributed by atoms with van der Waals surface area (Å²) in [7, 11) is 0. The summed E-state index contributed by atoms with van der Waals surface area (Å²) < 4.78 is 0. The molecule has 1 saturated carbocycles. The standard InChI is InChI=1S/C16H30N2O/c1-11-9-10-18(13-8-6-5-7-12(11)13)15(19)14(17)16(2,3)4/h11-14H,5-10,17H2,1-4H3/t11?,12?,13?,14-/m0/s1. The number of nitrogens with zero attached hydrogens (tertiary/aromatic N) is 1. The summed E-state index contributed by atoms with van der Waals surface area (Å²) in [6.07, 6.45) is 6.21. The van der Waals surface area contributed by atoms with Crippen molar-refractivity contribution in [2.75, 3.05) is 6.54 Å². The van der Waals surface area contributed by atoms with Gasteiger partial charge in [-0.1, -0.05) is 40.5 Å². The van der Waals surface area contributed by atoms with Crippen LogP contribution in [0.3, 0.4) is 0 Å². The third-order valence-electron chi connectivity index (χ3n) is 5.22. The first-order valence-corrected chi connectivity index (χ1v) is 7.88. The first-order valence-electron chi connectivity index (χ1n) is 7.88. The van der Waals surface area contributed by atoms with Gasteiger partial charge in [-0.2, -0.15) is 0 Å². The number of likely N-dealkylation sites (tertiary alicyclic amines) is 1. The number of piperidine rings is 1. The highest BCUT2D eigenvalue weighted by Gasteiger charge is 2.42. The largest absolute Gasteiger partial charge is 0.338 e. The number of rotatable bonds is 1. The molecule has 1 aliphatic carbocycles. The molecule has 0 aromatic carbocycles. The molecule has 3 unspecified atom stereocenters. The number of fused-ring (bicyclic) bond motifs is 1. The summed E-state index contributed by atoms with van der Waals surface area (Å²) in [5, 5.41) is 0. The van der Waals surface area contributed by atoms with Crippen molar-refractivity contribution in [2.45, 2.75) is 71.9 Å². The van der Waals surface area contributed by atoms with Crippen LogP contribution in [0.5, 0.6) is 0 Å². The monoisotopic (exact) mass is 266 g/mol. The van der Waals surface area contributed by atoms with E-state index in [-0.39, 0.29) is 17.4 Å². The lowest BCUT2D eigenvalue weighted by Crippen LogP contribution is -2.58. The number of nitrogens with two attached hydrogens (primary N) is 1. The zero-order valence-electron chi connectivity index (χ0n) is 13.0. The molecule has 3 heteroatoms. The van der Waals surface area contributed by atoms with E-state index in [0.717, 1.165) is 18.9 Å². The molecule has 0 aromatic rings. The summed E-state index contributed by atoms with van der Waals surface area (Å²) in [5.41, 5.74) is 6.04. The number of amides is 1. The molecule has 0 bridgehead atoms. The van der Waals surface area contributed by atoms with Gasteiger partial charge in [0, 0.05) is 12.6 Å². The van der Waals surface area contributed by atoms with Gasteiger partial charge in [0.15, 0.2) is 0 Å². The molecule has 2 rings (SSSR count). The average molecular weight is 266 g/mol. The second-order valence-electron chi connectivity index (χ2n) is 7.66. The molecule has 1 heterocycles. The predicted octanol–water partition coefficient (Wildman–Crippen LogP) is 2.79. The van der Waals surface area contributed by atoms with E-state index in [1.165, 1.54) is 25.7 Å². The van der Waals surface area contributed by atoms with Gasteiger partial charge >= 0.3 is 0 Å². The van der Waals surface area contributed by atoms with Crippen molar-refractivity contribution in [3.05, 3.63) is 0 Å². The number of carbonyl (C=O) groups excluding carboxylic acids is 1. The van der Waals surface area contributed by atoms with Crippen LogP contribution in [-0.4, -0.2) is 29.4 Å². The summed E-state index contributed by atoms with van der Waals surface area (Å²) in [6.45, 7) is 9.43. The zero-order valence-corrected chi connectivity index (χ0v) is 13.0. The van der Waals surface area contributed by atoms with Gasteiger partial charge in [-0.3, -0.25) is 4.79 Å². The minimum absolute atomic E-state index is 0.149. The molecular formula is C16H30N2O. The van der Waals surface area contributed by atoms with E-state index in [2.05, 4.69) is 32.6 Å². The second-order valence-corrected chi connectivity index (χ2v) is 7.66. The summed E-state index contributed by atoms with van der Waals surface area (Å²) >= 11 is 0. The molecule has 19 heavy (non-hydrogen) atoms. The molecular weight excluding hydrogens is 236 g/mol. The second kappa shape index (κ2) is 5.43. The van der Waals surface area contributed by atoms with E-state index in [9.17, 15) is 4.79 Å². The van der Waals surface area contributed by atoms with Gasteiger partial charge < -0.3 is 10.6 Å². The van der Waals surface area contributed by atoms with Crippen LogP contribution in [0.25, 0.3) is 0 Å². The quantitative estimate of drug-likeness (QED) is 0.793. The maximum atomic E-state index is 12.7. The van der Waals surface area contributed by atoms with Crippen molar-refractivity contribution in [1.29, 1.82) is 0 Å². The van der Waals surface area contributed by atoms with Crippen molar-refractivity contribution >= 4 is 5.91 Å². The minimum atomic E-state index is -0.372. The van der Waals surface area contributed by atoms with Gasteiger partial charge in [-0.15, -0.1) is 0 Å². The SMILES string of the molecule is CC1CCN(C(=O)[C@H](N)C(C)(C)C)C2CCCCC12. The Balaban J connectivity index is 2.13. The number of hydrogen-bond acceptors (Lipinski definition) is 2. The highest BCUT2D eigenvalue weighted by atomic mass is 16.2. The van der Waals surface area contributed by atoms with Crippen LogP contribution in [0.2, 0.25) is 0 Å². The molecule has 0 radical (unpaired) electrons. The molecule has 2 fully saturated rings. The Morgan fingerprint density at radius 1 is 1.21 bits per heavy atom. The van der Waals surface area contributed by atoms with Crippen LogP contribution in [0, 0.1) is 17.3 Å². The third kappa shape index (κ3) is 2.96. The van der Waals surface area contributed by atoms with Crippen LogP contribution in [0.4, 0.5) is 0 Å². The third-order valence-corrected chi connectivity index (χ3v) is 5.22. The average Bonchev–Trinajstić information content (AvgIpc) is 2.37. The van der Waals surface area contributed by atoms with E-state index in [4.69, 9.17) is 5.73 Å². The lowest BCUT2D eigenvalue weighted by molar-refractivity contribution is -0.142. The molecule has 0 aromatic heterocycles. The van der Waals surface area contributed by atoms with Gasteiger partial charge in [0.25, 0.3) is 0 Å². The molecule has 1 aliphatic heterocycles. The number of carbonyl (C=O) groups is 1. The van der Waals surface area contributed by atoms with Gasteiger partial charge in [0.05, 0.1) is 6.04 Å². The lowest BCUT2D eigenvalue weighted by atomic mass is 9.72. The molecule has 2 N–H and O–H groups in total. The lowest BCUT2D eigenvalue weighted by Gasteiger charge is -2.48. The minimum Gasteiger partial charge on any atom is -0.338 e. The molecule has 1 saturated heterocycles. The highest BCUT2D eigenvalue weighted by molar-refractivity contribution is 5.83. The van der Waals surface area contributed by atoms with Crippen LogP contribution in [0.15, 0.2) is 0 Å². The summed E-state index contributed by atoms with van der Waals surface area (Å²) in [6, 6.07) is 0.0851. The fourth-order valence-corrected chi connectivity index (χ4v) is 3.74. The zero-order chi connectivity index (χ0) is 14.2. The predicted molar refractivity (Wildman–Crippen MR) is 78.7 cm³/mol. The van der Waals surface area contributed by atoms with Crippen LogP contribution < -0.4 is 5.73 Å². The highest BCUT2D eigenvalue weighted by Crippen LogP contribution is 2.39. The van der Waals surface area contributed by atoms with E-state index in [1.54, 1.807) is 0 Å². The van der Waals surface area contributed by atoms with Crippen molar-refractivity contribution in [3.8, 4) is 0 Å². The topological polar surface area (TPSA) is 46.3 Å². The van der Waals surface area contributed by atoms with Crippen LogP contribution in [-0.2, 0) is 4.79 Å². The fourth-order valence-electron chi connectivity index (χ4n) is 3.74. The van der Waals surface area contributed by atoms with Gasteiger partial charge in [-0.05, 0) is 36.5 Å². The summed E-state index contributed by atoms with van der Waals surface area (Å²) in [4.78, 5) is 14.8. The van der Waals surface area contributed by atoms with E-state index >= 15 is 0 Å². The van der Waals surface area contributed by atoms with E-state index in [1.807, 2.05) is 0 Å². The Morgan fingerprint density at radius 2 is 1.84 bits per heavy atom. The van der Waals surface area contributed by atoms with Crippen LogP contribution >= 0.6 is 0 Å². The van der Waals surface area contributed by atoms with Gasteiger partial charge in [0.1, 0.15) is 0 Å². The maximum absolute atomic E-state index is 12.7. The maximum Gasteiger partial charge on any atom is 0.240 e. The first-order chi connectivity index (χ1) is 8.82. The Hall–Kier alpha value is -0.570. The van der Waals surface area contributed by atoms with E-state index in [0.29, 0.717) is 12.0 Å². The Bertz CT molecular complexity index is 334. The van der Waals surface area contributed by atoms with Crippen molar-refractivity contribution in [1.82, 2.24) is 4.90 Å². The number of hydrogen-bond donors (Lipinski definition) is 1. The fraction of sp³-hybridized carbons (Fsp3) is 0.938. The molecule has 0 spiro atoms. The molecule has 1 amide bonds. The van der Waals surface area contributed by atoms with Crippen LogP contribution in [0.1, 0.15) is 59.8 Å². The smallest absolute Gasteiger partial charge is 0.240 e. The molecule has 3 nitrogen and oxygen atoms in total. The Kier molecular flexibility index (Phi) is 4.24. The summed E-state index contributed by atoms with van der Waals surface area (Å²) in [5.74, 6) is 1.65. The van der Waals surface area contributed by atoms with Crippen molar-refractivity contribution in [3.63, 3.8) is 0 Å². The Morgan fingerprint density at radius 3 is 2.47 bits per heavy atom. The molecule has 2 aliphatic rings. The van der Waals surface area contributed by atoms with Crippen molar-refractivity contribution in [2.24, 2.45) is 23.0 Å². The molecule has 4 atom stereocenters. The Labute approximate surface area is 117 Å². The normalized spacial score (nSPS) is 33.7. The van der Waals surface area contributed by atoms with Gasteiger partial charge in [-0.25, -0.2) is 0 Å². The van der Waals surface area contributed by atoms with E-state index < -0.39 is 0 Å². The van der Waals surface area contributed by atoms with Gasteiger partial charge in [0.2, 0.25) is 5.91 Å². The van der Waals surface area contributed by atoms with Crippen molar-refractivity contribution < 1.29 is 4.79 Å². The first kappa shape index (κ1) is 14.8. The molecule has 110 valence electrons.